The van der Waals surface area contributed by atoms with E-state index >= 15 is 0 Å². The molecule has 2 atom stereocenters. The summed E-state index contributed by atoms with van der Waals surface area (Å²) in [5.41, 5.74) is 2.01. The molecule has 2 aromatic rings. The van der Waals surface area contributed by atoms with Gasteiger partial charge in [-0.25, -0.2) is 0 Å². The highest BCUT2D eigenvalue weighted by atomic mass is 16.5. The van der Waals surface area contributed by atoms with Crippen molar-refractivity contribution in [1.29, 1.82) is 0 Å². The van der Waals surface area contributed by atoms with Crippen LogP contribution in [0, 0.1) is 11.8 Å². The van der Waals surface area contributed by atoms with E-state index in [4.69, 9.17) is 4.74 Å². The van der Waals surface area contributed by atoms with E-state index in [9.17, 15) is 0 Å². The van der Waals surface area contributed by atoms with Crippen molar-refractivity contribution >= 4 is 0 Å². The van der Waals surface area contributed by atoms with Gasteiger partial charge in [0.05, 0.1) is 0 Å². The maximum atomic E-state index is 6.32. The molecule has 0 saturated heterocycles. The van der Waals surface area contributed by atoms with Crippen LogP contribution in [0.4, 0.5) is 0 Å². The Morgan fingerprint density at radius 2 is 1.50 bits per heavy atom. The van der Waals surface area contributed by atoms with Gasteiger partial charge in [0.2, 0.25) is 0 Å². The fraction of sp³-hybridized carbons (Fsp3) is 0.455. The molecular formula is C22H29NO. The Kier molecular flexibility index (Phi) is 5.37. The predicted molar refractivity (Wildman–Crippen MR) is 100 cm³/mol. The minimum atomic E-state index is -0.439. The Hall–Kier alpha value is -1.64. The molecule has 1 saturated carbocycles. The van der Waals surface area contributed by atoms with Crippen LogP contribution in [0.1, 0.15) is 37.3 Å². The molecule has 2 aromatic carbocycles. The fourth-order valence-electron chi connectivity index (χ4n) is 4.05. The largest absolute Gasteiger partial charge is 0.368 e. The molecule has 0 bridgehead atoms. The van der Waals surface area contributed by atoms with Crippen molar-refractivity contribution in [2.24, 2.45) is 11.8 Å². The third-order valence-corrected chi connectivity index (χ3v) is 5.63. The standard InChI is InChI=1S/C22H29NO/c1-17(21(23-2)16-18-14-15-18)22(24-3,19-10-6-4-7-11-19)20-12-8-5-9-13-20/h4-13,17-18,21,23H,14-16H2,1-3H3. The van der Waals surface area contributed by atoms with Gasteiger partial charge in [0.1, 0.15) is 5.60 Å². The van der Waals surface area contributed by atoms with Crippen LogP contribution in [0.15, 0.2) is 60.7 Å². The van der Waals surface area contributed by atoms with Gasteiger partial charge in [-0.15, -0.1) is 0 Å². The highest BCUT2D eigenvalue weighted by Gasteiger charge is 2.44. The molecule has 0 amide bonds. The van der Waals surface area contributed by atoms with Gasteiger partial charge in [0.15, 0.2) is 0 Å². The summed E-state index contributed by atoms with van der Waals surface area (Å²) in [4.78, 5) is 0. The number of ether oxygens (including phenoxy) is 1. The number of hydrogen-bond donors (Lipinski definition) is 1. The van der Waals surface area contributed by atoms with Gasteiger partial charge in [-0.05, 0) is 30.5 Å². The molecule has 0 aromatic heterocycles. The molecule has 2 nitrogen and oxygen atoms in total. The van der Waals surface area contributed by atoms with Crippen LogP contribution in [0.25, 0.3) is 0 Å². The quantitative estimate of drug-likeness (QED) is 0.766. The molecule has 3 rings (SSSR count). The van der Waals surface area contributed by atoms with Crippen molar-refractivity contribution in [3.63, 3.8) is 0 Å². The van der Waals surface area contributed by atoms with E-state index in [1.165, 1.54) is 30.4 Å². The second-order valence-corrected chi connectivity index (χ2v) is 7.03. The van der Waals surface area contributed by atoms with E-state index in [1.54, 1.807) is 0 Å². The van der Waals surface area contributed by atoms with Gasteiger partial charge in [0.25, 0.3) is 0 Å². The molecule has 0 spiro atoms. The van der Waals surface area contributed by atoms with Gasteiger partial charge in [0, 0.05) is 19.1 Å². The van der Waals surface area contributed by atoms with Crippen molar-refractivity contribution in [2.75, 3.05) is 14.2 Å². The van der Waals surface area contributed by atoms with Gasteiger partial charge in [-0.1, -0.05) is 80.4 Å². The minimum absolute atomic E-state index is 0.318. The van der Waals surface area contributed by atoms with Crippen LogP contribution in [0.3, 0.4) is 0 Å². The summed E-state index contributed by atoms with van der Waals surface area (Å²) >= 11 is 0. The Morgan fingerprint density at radius 1 is 1.00 bits per heavy atom. The Bertz CT molecular complexity index is 581. The molecule has 0 heterocycles. The third kappa shape index (κ3) is 3.26. The fourth-order valence-corrected chi connectivity index (χ4v) is 4.05. The first-order chi connectivity index (χ1) is 11.7. The molecule has 24 heavy (non-hydrogen) atoms. The van der Waals surface area contributed by atoms with E-state index in [0.29, 0.717) is 12.0 Å². The SMILES string of the molecule is CNC(CC1CC1)C(C)C(OC)(c1ccccc1)c1ccccc1. The Morgan fingerprint density at radius 3 is 1.88 bits per heavy atom. The average molecular weight is 323 g/mol. The molecule has 2 unspecified atom stereocenters. The van der Waals surface area contributed by atoms with Crippen molar-refractivity contribution in [2.45, 2.75) is 37.8 Å². The van der Waals surface area contributed by atoms with Crippen LogP contribution in [0.5, 0.6) is 0 Å². The van der Waals surface area contributed by atoms with E-state index in [0.717, 1.165) is 5.92 Å². The average Bonchev–Trinajstić information content (AvgIpc) is 3.47. The normalized spacial score (nSPS) is 17.5. The third-order valence-electron chi connectivity index (χ3n) is 5.63. The van der Waals surface area contributed by atoms with Crippen molar-refractivity contribution in [1.82, 2.24) is 5.32 Å². The number of benzene rings is 2. The van der Waals surface area contributed by atoms with Gasteiger partial charge < -0.3 is 10.1 Å². The lowest BCUT2D eigenvalue weighted by atomic mass is 9.72. The maximum absolute atomic E-state index is 6.32. The van der Waals surface area contributed by atoms with E-state index in [-0.39, 0.29) is 0 Å². The summed E-state index contributed by atoms with van der Waals surface area (Å²) in [6.07, 6.45) is 3.98. The predicted octanol–water partition coefficient (Wildman–Crippen LogP) is 4.60. The van der Waals surface area contributed by atoms with Gasteiger partial charge in [-0.3, -0.25) is 0 Å². The van der Waals surface area contributed by atoms with Crippen LogP contribution < -0.4 is 5.32 Å². The topological polar surface area (TPSA) is 21.3 Å². The molecule has 128 valence electrons. The van der Waals surface area contributed by atoms with Crippen LogP contribution >= 0.6 is 0 Å². The molecule has 1 aliphatic rings. The summed E-state index contributed by atoms with van der Waals surface area (Å²) in [7, 11) is 3.93. The van der Waals surface area contributed by atoms with Crippen molar-refractivity contribution < 1.29 is 4.74 Å². The molecule has 2 heteroatoms. The first-order valence-corrected chi connectivity index (χ1v) is 9.05. The zero-order valence-corrected chi connectivity index (χ0v) is 15.0. The van der Waals surface area contributed by atoms with Crippen LogP contribution in [-0.2, 0) is 10.3 Å². The van der Waals surface area contributed by atoms with E-state index < -0.39 is 5.60 Å². The number of hydrogen-bond acceptors (Lipinski definition) is 2. The smallest absolute Gasteiger partial charge is 0.122 e. The Labute approximate surface area is 146 Å². The molecule has 0 radical (unpaired) electrons. The molecule has 0 aliphatic heterocycles. The van der Waals surface area contributed by atoms with Gasteiger partial charge >= 0.3 is 0 Å². The second-order valence-electron chi connectivity index (χ2n) is 7.03. The lowest BCUT2D eigenvalue weighted by molar-refractivity contribution is -0.0369. The first kappa shape index (κ1) is 17.2. The minimum Gasteiger partial charge on any atom is -0.368 e. The number of rotatable bonds is 8. The van der Waals surface area contributed by atoms with E-state index in [2.05, 4.69) is 80.0 Å². The lowest BCUT2D eigenvalue weighted by Crippen LogP contribution is -2.47. The Balaban J connectivity index is 2.06. The highest BCUT2D eigenvalue weighted by molar-refractivity contribution is 5.38. The molecule has 1 N–H and O–H groups in total. The summed E-state index contributed by atoms with van der Waals surface area (Å²) in [5.74, 6) is 1.20. The first-order valence-electron chi connectivity index (χ1n) is 9.05. The summed E-state index contributed by atoms with van der Waals surface area (Å²) < 4.78 is 6.32. The lowest BCUT2D eigenvalue weighted by Gasteiger charge is -2.43. The highest BCUT2D eigenvalue weighted by Crippen LogP contribution is 2.44. The number of nitrogens with one attached hydrogen (secondary N) is 1. The zero-order chi connectivity index (χ0) is 17.0. The van der Waals surface area contributed by atoms with Crippen molar-refractivity contribution in [3.05, 3.63) is 71.8 Å². The molecule has 1 aliphatic carbocycles. The van der Waals surface area contributed by atoms with Crippen LogP contribution in [0.2, 0.25) is 0 Å². The molecular weight excluding hydrogens is 294 g/mol. The maximum Gasteiger partial charge on any atom is 0.122 e. The summed E-state index contributed by atoms with van der Waals surface area (Å²) in [6, 6.07) is 21.8. The van der Waals surface area contributed by atoms with E-state index in [1.807, 2.05) is 7.11 Å². The summed E-state index contributed by atoms with van der Waals surface area (Å²) in [6.45, 7) is 2.33. The number of methoxy groups -OCH3 is 1. The molecule has 1 fully saturated rings. The van der Waals surface area contributed by atoms with Crippen LogP contribution in [-0.4, -0.2) is 20.2 Å². The zero-order valence-electron chi connectivity index (χ0n) is 15.0. The summed E-state index contributed by atoms with van der Waals surface area (Å²) in [5, 5.41) is 3.57. The van der Waals surface area contributed by atoms with Crippen molar-refractivity contribution in [3.8, 4) is 0 Å². The van der Waals surface area contributed by atoms with Gasteiger partial charge in [-0.2, -0.15) is 0 Å². The second kappa shape index (κ2) is 7.50. The monoisotopic (exact) mass is 323 g/mol.